The highest BCUT2D eigenvalue weighted by molar-refractivity contribution is 5.96. The van der Waals surface area contributed by atoms with Gasteiger partial charge in [0.05, 0.1) is 37.1 Å². The van der Waals surface area contributed by atoms with E-state index < -0.39 is 0 Å². The number of fused-ring (bicyclic) bond motifs is 1. The highest BCUT2D eigenvalue weighted by atomic mass is 16.5. The number of nitrogens with zero attached hydrogens (tertiary/aromatic N) is 2. The number of nitrogen functional groups attached to an aromatic ring is 1. The Labute approximate surface area is 161 Å². The van der Waals surface area contributed by atoms with Crippen LogP contribution in [0.1, 0.15) is 5.56 Å². The molecule has 0 unspecified atom stereocenters. The Morgan fingerprint density at radius 1 is 1.07 bits per heavy atom. The van der Waals surface area contributed by atoms with Gasteiger partial charge in [0, 0.05) is 11.6 Å². The van der Waals surface area contributed by atoms with E-state index in [0.717, 1.165) is 10.9 Å². The monoisotopic (exact) mass is 371 g/mol. The van der Waals surface area contributed by atoms with Crippen LogP contribution in [0.15, 0.2) is 59.2 Å². The van der Waals surface area contributed by atoms with Gasteiger partial charge in [-0.05, 0) is 17.7 Å². The van der Waals surface area contributed by atoms with Crippen molar-refractivity contribution < 1.29 is 13.9 Å². The average Bonchev–Trinajstić information content (AvgIpc) is 3.20. The van der Waals surface area contributed by atoms with Crippen molar-refractivity contribution in [3.63, 3.8) is 0 Å². The molecule has 4 rings (SSSR count). The van der Waals surface area contributed by atoms with Gasteiger partial charge in [-0.25, -0.2) is 4.98 Å². The quantitative estimate of drug-likeness (QED) is 0.562. The highest BCUT2D eigenvalue weighted by Gasteiger charge is 2.22. The van der Waals surface area contributed by atoms with Gasteiger partial charge in [0.25, 0.3) is 0 Å². The van der Waals surface area contributed by atoms with Gasteiger partial charge < -0.3 is 19.6 Å². The third-order valence-electron chi connectivity index (χ3n) is 4.60. The second kappa shape index (κ2) is 6.97. The number of ether oxygens (including phenoxy) is 2. The van der Waals surface area contributed by atoms with Crippen molar-refractivity contribution in [1.29, 1.82) is 5.26 Å². The molecule has 0 aliphatic carbocycles. The Morgan fingerprint density at radius 3 is 2.54 bits per heavy atom. The second-order valence-corrected chi connectivity index (χ2v) is 6.11. The maximum absolute atomic E-state index is 9.61. The number of methoxy groups -OCH3 is 2. The molecule has 0 saturated carbocycles. The molecule has 4 aromatic rings. The first-order valence-electron chi connectivity index (χ1n) is 8.56. The lowest BCUT2D eigenvalue weighted by molar-refractivity contribution is 0.400. The van der Waals surface area contributed by atoms with Crippen molar-refractivity contribution in [3.8, 4) is 40.0 Å². The Morgan fingerprint density at radius 2 is 1.86 bits per heavy atom. The van der Waals surface area contributed by atoms with Crippen molar-refractivity contribution in [3.05, 3.63) is 60.4 Å². The minimum absolute atomic E-state index is 0.148. The number of nitriles is 1. The van der Waals surface area contributed by atoms with Crippen LogP contribution in [0.5, 0.6) is 11.5 Å². The summed E-state index contributed by atoms with van der Waals surface area (Å²) in [5, 5.41) is 10.4. The van der Waals surface area contributed by atoms with Gasteiger partial charge in [-0.3, -0.25) is 0 Å². The van der Waals surface area contributed by atoms with Crippen LogP contribution in [0.4, 0.5) is 5.82 Å². The number of furan rings is 1. The molecule has 0 atom stereocenters. The van der Waals surface area contributed by atoms with Crippen LogP contribution in [-0.4, -0.2) is 19.2 Å². The lowest BCUT2D eigenvalue weighted by atomic mass is 9.97. The van der Waals surface area contributed by atoms with Crippen LogP contribution in [0.2, 0.25) is 0 Å². The predicted octanol–water partition coefficient (Wildman–Crippen LogP) is 4.63. The number of rotatable bonds is 4. The largest absolute Gasteiger partial charge is 0.496 e. The smallest absolute Gasteiger partial charge is 0.143 e. The molecule has 2 aromatic carbocycles. The molecule has 0 aliphatic rings. The molecule has 28 heavy (non-hydrogen) atoms. The molecule has 0 amide bonds. The summed E-state index contributed by atoms with van der Waals surface area (Å²) in [5.41, 5.74) is 9.88. The van der Waals surface area contributed by atoms with Gasteiger partial charge in [-0.1, -0.05) is 30.3 Å². The summed E-state index contributed by atoms with van der Waals surface area (Å²) in [6, 6.07) is 17.2. The summed E-state index contributed by atoms with van der Waals surface area (Å²) >= 11 is 0. The van der Waals surface area contributed by atoms with Gasteiger partial charge in [0.2, 0.25) is 0 Å². The SMILES string of the molecule is COc1cc2occc2c(OC)c1-c1cc(-c2ccccc2)c(C#N)c(N)n1. The zero-order valence-electron chi connectivity index (χ0n) is 15.4. The fraction of sp³-hybridized carbons (Fsp3) is 0.0909. The average molecular weight is 371 g/mol. The maximum Gasteiger partial charge on any atom is 0.143 e. The standard InChI is InChI=1S/C22H17N3O3/c1-26-19-11-18-14(8-9-28-18)21(27-2)20(19)17-10-15(13-6-4-3-5-7-13)16(12-23)22(24)25-17/h3-11H,1-2H3,(H2,24,25). The van der Waals surface area contributed by atoms with Crippen molar-refractivity contribution in [1.82, 2.24) is 4.98 Å². The fourth-order valence-electron chi connectivity index (χ4n) is 3.33. The van der Waals surface area contributed by atoms with E-state index >= 15 is 0 Å². The highest BCUT2D eigenvalue weighted by Crippen LogP contribution is 2.45. The molecule has 0 aliphatic heterocycles. The topological polar surface area (TPSA) is 94.3 Å². The first-order valence-corrected chi connectivity index (χ1v) is 8.56. The number of hydrogen-bond acceptors (Lipinski definition) is 6. The number of aromatic nitrogens is 1. The minimum Gasteiger partial charge on any atom is -0.496 e. The van der Waals surface area contributed by atoms with Crippen LogP contribution < -0.4 is 15.2 Å². The van der Waals surface area contributed by atoms with Crippen molar-refractivity contribution in [2.75, 3.05) is 20.0 Å². The van der Waals surface area contributed by atoms with Crippen molar-refractivity contribution in [2.45, 2.75) is 0 Å². The normalized spacial score (nSPS) is 10.6. The van der Waals surface area contributed by atoms with Crippen LogP contribution in [-0.2, 0) is 0 Å². The molecule has 0 spiro atoms. The first kappa shape index (κ1) is 17.4. The van der Waals surface area contributed by atoms with E-state index in [1.165, 1.54) is 0 Å². The van der Waals surface area contributed by atoms with E-state index in [9.17, 15) is 5.26 Å². The fourth-order valence-corrected chi connectivity index (χ4v) is 3.33. The minimum atomic E-state index is 0.148. The Hall–Kier alpha value is -3.98. The third kappa shape index (κ3) is 2.70. The van der Waals surface area contributed by atoms with E-state index in [-0.39, 0.29) is 5.82 Å². The number of hydrogen-bond donors (Lipinski definition) is 1. The molecular formula is C22H17N3O3. The maximum atomic E-state index is 9.61. The van der Waals surface area contributed by atoms with Gasteiger partial charge in [-0.2, -0.15) is 5.26 Å². The lowest BCUT2D eigenvalue weighted by Gasteiger charge is -2.16. The second-order valence-electron chi connectivity index (χ2n) is 6.11. The summed E-state index contributed by atoms with van der Waals surface area (Å²) < 4.78 is 16.7. The first-order chi connectivity index (χ1) is 13.7. The summed E-state index contributed by atoms with van der Waals surface area (Å²) in [6.07, 6.45) is 1.59. The van der Waals surface area contributed by atoms with E-state index in [1.54, 1.807) is 26.5 Å². The molecule has 138 valence electrons. The lowest BCUT2D eigenvalue weighted by Crippen LogP contribution is -2.02. The van der Waals surface area contributed by atoms with E-state index in [2.05, 4.69) is 11.1 Å². The Balaban J connectivity index is 2.06. The zero-order chi connectivity index (χ0) is 19.7. The number of nitrogens with two attached hydrogens (primary N) is 1. The van der Waals surface area contributed by atoms with Gasteiger partial charge in [0.15, 0.2) is 0 Å². The van der Waals surface area contributed by atoms with Crippen LogP contribution >= 0.6 is 0 Å². The molecule has 2 heterocycles. The Kier molecular flexibility index (Phi) is 4.34. The van der Waals surface area contributed by atoms with E-state index in [0.29, 0.717) is 39.5 Å². The third-order valence-corrected chi connectivity index (χ3v) is 4.60. The van der Waals surface area contributed by atoms with Crippen LogP contribution in [0.3, 0.4) is 0 Å². The molecule has 0 saturated heterocycles. The number of anilines is 1. The molecule has 0 fully saturated rings. The van der Waals surface area contributed by atoms with Crippen LogP contribution in [0, 0.1) is 11.3 Å². The predicted molar refractivity (Wildman–Crippen MR) is 107 cm³/mol. The molecular weight excluding hydrogens is 354 g/mol. The summed E-state index contributed by atoms with van der Waals surface area (Å²) in [7, 11) is 3.15. The Bertz CT molecular complexity index is 1210. The number of pyridine rings is 1. The van der Waals surface area contributed by atoms with Crippen LogP contribution in [0.25, 0.3) is 33.4 Å². The van der Waals surface area contributed by atoms with Crippen molar-refractivity contribution in [2.24, 2.45) is 0 Å². The van der Waals surface area contributed by atoms with E-state index in [1.807, 2.05) is 42.5 Å². The molecule has 0 bridgehead atoms. The van der Waals surface area contributed by atoms with Crippen molar-refractivity contribution >= 4 is 16.8 Å². The summed E-state index contributed by atoms with van der Waals surface area (Å²) in [5.74, 6) is 1.25. The van der Waals surface area contributed by atoms with E-state index in [4.69, 9.17) is 19.6 Å². The van der Waals surface area contributed by atoms with Gasteiger partial charge >= 0.3 is 0 Å². The van der Waals surface area contributed by atoms with Gasteiger partial charge in [0.1, 0.15) is 34.5 Å². The summed E-state index contributed by atoms with van der Waals surface area (Å²) in [4.78, 5) is 4.47. The molecule has 6 nitrogen and oxygen atoms in total. The summed E-state index contributed by atoms with van der Waals surface area (Å²) in [6.45, 7) is 0. The zero-order valence-corrected chi connectivity index (χ0v) is 15.4. The molecule has 2 aromatic heterocycles. The molecule has 2 N–H and O–H groups in total. The molecule has 6 heteroatoms. The molecule has 0 radical (unpaired) electrons. The van der Waals surface area contributed by atoms with Gasteiger partial charge in [-0.15, -0.1) is 0 Å². The number of benzene rings is 2.